The third kappa shape index (κ3) is 3.50. The van der Waals surface area contributed by atoms with Gasteiger partial charge in [-0.1, -0.05) is 78.9 Å². The van der Waals surface area contributed by atoms with E-state index in [4.69, 9.17) is 9.84 Å². The van der Waals surface area contributed by atoms with E-state index in [0.717, 1.165) is 0 Å². The molecule has 0 aliphatic heterocycles. The number of halogens is 2. The van der Waals surface area contributed by atoms with Crippen molar-refractivity contribution in [3.63, 3.8) is 0 Å². The minimum absolute atomic E-state index is 0.174. The first kappa shape index (κ1) is 16.6. The van der Waals surface area contributed by atoms with Crippen molar-refractivity contribution in [3.05, 3.63) is 78.9 Å². The maximum atomic E-state index is 13.8. The molecule has 25 heavy (non-hydrogen) atoms. The fraction of sp³-hybridized carbons (Fsp3) is 0.0500. The molecule has 3 nitrogen and oxygen atoms in total. The maximum absolute atomic E-state index is 13.8. The first-order valence-corrected chi connectivity index (χ1v) is 7.53. The predicted molar refractivity (Wildman–Crippen MR) is 90.5 cm³/mol. The number of carboxylic acids is 1. The highest BCUT2D eigenvalue weighted by atomic mass is 19.3. The van der Waals surface area contributed by atoms with Crippen LogP contribution in [0.2, 0.25) is 0 Å². The second kappa shape index (κ2) is 6.73. The molecule has 5 heteroatoms. The number of rotatable bonds is 5. The zero-order chi connectivity index (χ0) is 17.9. The van der Waals surface area contributed by atoms with Crippen LogP contribution in [0.1, 0.15) is 0 Å². The Balaban J connectivity index is 2.21. The molecule has 0 aromatic heterocycles. The second-order valence-electron chi connectivity index (χ2n) is 5.34. The normalized spacial score (nSPS) is 11.1. The molecule has 0 spiro atoms. The van der Waals surface area contributed by atoms with E-state index in [2.05, 4.69) is 0 Å². The van der Waals surface area contributed by atoms with Gasteiger partial charge in [-0.05, 0) is 11.1 Å². The highest BCUT2D eigenvalue weighted by Crippen LogP contribution is 2.41. The summed E-state index contributed by atoms with van der Waals surface area (Å²) in [6.45, 7) is 0. The Morgan fingerprint density at radius 1 is 0.760 bits per heavy atom. The molecule has 3 rings (SSSR count). The fourth-order valence-corrected chi connectivity index (χ4v) is 2.51. The van der Waals surface area contributed by atoms with Gasteiger partial charge in [0.1, 0.15) is 5.75 Å². The van der Waals surface area contributed by atoms with Gasteiger partial charge in [0.05, 0.1) is 0 Å². The Kier molecular flexibility index (Phi) is 4.48. The lowest BCUT2D eigenvalue weighted by atomic mass is 9.97. The van der Waals surface area contributed by atoms with Crippen LogP contribution in [-0.4, -0.2) is 17.2 Å². The molecule has 0 saturated carbocycles. The summed E-state index contributed by atoms with van der Waals surface area (Å²) in [7, 11) is 0. The van der Waals surface area contributed by atoms with Crippen molar-refractivity contribution in [2.24, 2.45) is 0 Å². The summed E-state index contributed by atoms with van der Waals surface area (Å²) in [5.41, 5.74) is 2.08. The third-order valence-electron chi connectivity index (χ3n) is 3.66. The van der Waals surface area contributed by atoms with Gasteiger partial charge in [0.2, 0.25) is 0 Å². The number of hydrogen-bond acceptors (Lipinski definition) is 2. The average molecular weight is 340 g/mol. The van der Waals surface area contributed by atoms with Crippen molar-refractivity contribution in [2.45, 2.75) is 6.11 Å². The summed E-state index contributed by atoms with van der Waals surface area (Å²) < 4.78 is 32.3. The van der Waals surface area contributed by atoms with Crippen LogP contribution >= 0.6 is 0 Å². The lowest BCUT2D eigenvalue weighted by Gasteiger charge is -2.20. The fourth-order valence-electron chi connectivity index (χ4n) is 2.51. The molecule has 0 bridgehead atoms. The second-order valence-corrected chi connectivity index (χ2v) is 5.34. The minimum Gasteiger partial charge on any atom is -0.474 e. The summed E-state index contributed by atoms with van der Waals surface area (Å²) in [5, 5.41) is 8.75. The van der Waals surface area contributed by atoms with Crippen LogP contribution in [0.5, 0.6) is 5.75 Å². The Morgan fingerprint density at radius 3 is 1.60 bits per heavy atom. The molecular weight excluding hydrogens is 326 g/mol. The van der Waals surface area contributed by atoms with Gasteiger partial charge in [0, 0.05) is 11.1 Å². The summed E-state index contributed by atoms with van der Waals surface area (Å²) in [4.78, 5) is 10.8. The van der Waals surface area contributed by atoms with Crippen molar-refractivity contribution >= 4 is 5.97 Å². The predicted octanol–water partition coefficient (Wildman–Crippen LogP) is 5.08. The Hall–Kier alpha value is -3.21. The van der Waals surface area contributed by atoms with E-state index in [1.54, 1.807) is 78.9 Å². The molecular formula is C20H14F2O3. The van der Waals surface area contributed by atoms with Crippen molar-refractivity contribution in [3.8, 4) is 28.0 Å². The van der Waals surface area contributed by atoms with Crippen molar-refractivity contribution in [2.75, 3.05) is 0 Å². The van der Waals surface area contributed by atoms with Crippen LogP contribution < -0.4 is 4.74 Å². The molecule has 0 amide bonds. The van der Waals surface area contributed by atoms with Crippen molar-refractivity contribution in [1.82, 2.24) is 0 Å². The number of hydrogen-bond donors (Lipinski definition) is 1. The molecule has 3 aromatic carbocycles. The number of carbonyl (C=O) groups is 1. The quantitative estimate of drug-likeness (QED) is 0.705. The molecule has 0 saturated heterocycles. The van der Waals surface area contributed by atoms with E-state index < -0.39 is 12.1 Å². The van der Waals surface area contributed by atoms with E-state index in [1.807, 2.05) is 0 Å². The molecule has 0 atom stereocenters. The van der Waals surface area contributed by atoms with E-state index >= 15 is 0 Å². The minimum atomic E-state index is -4.34. The lowest BCUT2D eigenvalue weighted by molar-refractivity contribution is -0.210. The van der Waals surface area contributed by atoms with Crippen LogP contribution in [-0.2, 0) is 4.79 Å². The molecule has 0 unspecified atom stereocenters. The Labute approximate surface area is 143 Å². The summed E-state index contributed by atoms with van der Waals surface area (Å²) >= 11 is 0. The lowest BCUT2D eigenvalue weighted by Crippen LogP contribution is -2.35. The molecule has 0 heterocycles. The molecule has 3 aromatic rings. The van der Waals surface area contributed by atoms with Gasteiger partial charge in [-0.3, -0.25) is 0 Å². The number of alkyl halides is 2. The monoisotopic (exact) mass is 340 g/mol. The number of carboxylic acid groups (broad SMARTS) is 1. The van der Waals surface area contributed by atoms with Gasteiger partial charge in [0.25, 0.3) is 0 Å². The van der Waals surface area contributed by atoms with Gasteiger partial charge in [-0.2, -0.15) is 8.78 Å². The van der Waals surface area contributed by atoms with Crippen LogP contribution in [0.3, 0.4) is 0 Å². The van der Waals surface area contributed by atoms with Crippen LogP contribution in [0.4, 0.5) is 8.78 Å². The SMILES string of the molecule is O=C(O)C(F)(F)Oc1c(-c2ccccc2)cccc1-c1ccccc1. The molecule has 0 aliphatic rings. The van der Waals surface area contributed by atoms with Crippen molar-refractivity contribution in [1.29, 1.82) is 0 Å². The largest absolute Gasteiger partial charge is 0.501 e. The number of para-hydroxylation sites is 1. The smallest absolute Gasteiger partial charge is 0.474 e. The van der Waals surface area contributed by atoms with Crippen LogP contribution in [0.15, 0.2) is 78.9 Å². The molecule has 1 N–H and O–H groups in total. The topological polar surface area (TPSA) is 46.5 Å². The first-order valence-electron chi connectivity index (χ1n) is 7.53. The molecule has 0 radical (unpaired) electrons. The van der Waals surface area contributed by atoms with E-state index in [-0.39, 0.29) is 5.75 Å². The van der Waals surface area contributed by atoms with E-state index in [1.165, 1.54) is 0 Å². The third-order valence-corrected chi connectivity index (χ3v) is 3.66. The van der Waals surface area contributed by atoms with Gasteiger partial charge in [0.15, 0.2) is 0 Å². The summed E-state index contributed by atoms with van der Waals surface area (Å²) in [6, 6.07) is 22.6. The van der Waals surface area contributed by atoms with Crippen LogP contribution in [0, 0.1) is 0 Å². The average Bonchev–Trinajstić information content (AvgIpc) is 2.63. The Bertz CT molecular complexity index is 820. The van der Waals surface area contributed by atoms with Gasteiger partial charge < -0.3 is 9.84 Å². The highest BCUT2D eigenvalue weighted by molar-refractivity contribution is 5.83. The highest BCUT2D eigenvalue weighted by Gasteiger charge is 2.43. The zero-order valence-corrected chi connectivity index (χ0v) is 13.0. The Morgan fingerprint density at radius 2 is 1.20 bits per heavy atom. The molecule has 126 valence electrons. The maximum Gasteiger partial charge on any atom is 0.501 e. The van der Waals surface area contributed by atoms with Gasteiger partial charge in [-0.15, -0.1) is 0 Å². The van der Waals surface area contributed by atoms with E-state index in [0.29, 0.717) is 22.3 Å². The standard InChI is InChI=1S/C20H14F2O3/c21-20(22,19(23)24)25-18-16(14-8-3-1-4-9-14)12-7-13-17(18)15-10-5-2-6-11-15/h1-13H,(H,23,24). The number of ether oxygens (including phenoxy) is 1. The summed E-state index contributed by atoms with van der Waals surface area (Å²) in [5.74, 6) is -2.51. The van der Waals surface area contributed by atoms with Gasteiger partial charge >= 0.3 is 12.1 Å². The molecule has 0 aliphatic carbocycles. The summed E-state index contributed by atoms with van der Waals surface area (Å²) in [6.07, 6.45) is -4.34. The van der Waals surface area contributed by atoms with E-state index in [9.17, 15) is 13.6 Å². The van der Waals surface area contributed by atoms with Gasteiger partial charge in [-0.25, -0.2) is 4.79 Å². The van der Waals surface area contributed by atoms with Crippen molar-refractivity contribution < 1.29 is 23.4 Å². The van der Waals surface area contributed by atoms with Crippen LogP contribution in [0.25, 0.3) is 22.3 Å². The zero-order valence-electron chi connectivity index (χ0n) is 13.0. The number of benzene rings is 3. The molecule has 0 fully saturated rings. The number of aliphatic carboxylic acids is 1. The first-order chi connectivity index (χ1) is 12.0.